The highest BCUT2D eigenvalue weighted by molar-refractivity contribution is 6.64. The van der Waals surface area contributed by atoms with Crippen LogP contribution in [0, 0.1) is 5.82 Å². The number of hydrogen-bond donors (Lipinski definition) is 1. The largest absolute Gasteiger partial charge is 0.497 e. The molecule has 0 fully saturated rings. The monoisotopic (exact) mass is 329 g/mol. The SMILES string of the molecule is CO/N=C/C(=N/Nc1ccc(OC)cc1)C(=O)c1ccc(F)cc1. The minimum atomic E-state index is -0.424. The molecule has 0 aliphatic rings. The first-order valence-corrected chi connectivity index (χ1v) is 6.98. The zero-order chi connectivity index (χ0) is 17.4. The van der Waals surface area contributed by atoms with Crippen molar-refractivity contribution in [2.24, 2.45) is 10.3 Å². The molecule has 0 heterocycles. The number of halogens is 1. The number of rotatable bonds is 7. The molecule has 0 spiro atoms. The summed E-state index contributed by atoms with van der Waals surface area (Å²) in [4.78, 5) is 17.0. The lowest BCUT2D eigenvalue weighted by molar-refractivity contribution is 0.106. The molecule has 0 amide bonds. The van der Waals surface area contributed by atoms with Gasteiger partial charge >= 0.3 is 0 Å². The summed E-state index contributed by atoms with van der Waals surface area (Å²) in [5, 5.41) is 7.60. The maximum absolute atomic E-state index is 13.0. The standard InChI is InChI=1S/C17H16FN3O3/c1-23-15-9-7-14(8-10-15)20-21-16(11-19-24-2)17(22)12-3-5-13(18)6-4-12/h3-11,20H,1-2H3/b19-11+,21-16-. The highest BCUT2D eigenvalue weighted by Crippen LogP contribution is 2.15. The van der Waals surface area contributed by atoms with Crippen LogP contribution in [0.1, 0.15) is 10.4 Å². The number of anilines is 1. The molecule has 124 valence electrons. The number of nitrogens with one attached hydrogen (secondary N) is 1. The summed E-state index contributed by atoms with van der Waals surface area (Å²) in [7, 11) is 2.93. The van der Waals surface area contributed by atoms with Gasteiger partial charge in [0.1, 0.15) is 18.7 Å². The van der Waals surface area contributed by atoms with Crippen LogP contribution in [0.25, 0.3) is 0 Å². The molecular formula is C17H16FN3O3. The summed E-state index contributed by atoms with van der Waals surface area (Å²) in [6.45, 7) is 0. The van der Waals surface area contributed by atoms with Crippen LogP contribution in [-0.4, -0.2) is 31.9 Å². The third-order valence-corrected chi connectivity index (χ3v) is 3.01. The van der Waals surface area contributed by atoms with Crippen molar-refractivity contribution in [1.82, 2.24) is 0 Å². The van der Waals surface area contributed by atoms with Crippen molar-refractivity contribution in [3.05, 3.63) is 59.9 Å². The average Bonchev–Trinajstić information content (AvgIpc) is 2.62. The molecule has 0 aromatic heterocycles. The third kappa shape index (κ3) is 4.64. The quantitative estimate of drug-likeness (QED) is 0.481. The van der Waals surface area contributed by atoms with Crippen LogP contribution in [0.3, 0.4) is 0 Å². The Morgan fingerprint density at radius 1 is 1.08 bits per heavy atom. The van der Waals surface area contributed by atoms with Gasteiger partial charge in [0.15, 0.2) is 5.71 Å². The number of oxime groups is 1. The van der Waals surface area contributed by atoms with Crippen LogP contribution in [0.15, 0.2) is 58.8 Å². The number of ketones is 1. The second kappa shape index (κ2) is 8.42. The zero-order valence-corrected chi connectivity index (χ0v) is 13.2. The minimum absolute atomic E-state index is 0.0132. The van der Waals surface area contributed by atoms with E-state index in [9.17, 15) is 9.18 Å². The molecule has 24 heavy (non-hydrogen) atoms. The van der Waals surface area contributed by atoms with Gasteiger partial charge in [-0.25, -0.2) is 4.39 Å². The fourth-order valence-electron chi connectivity index (χ4n) is 1.78. The van der Waals surface area contributed by atoms with Crippen molar-refractivity contribution in [2.75, 3.05) is 19.6 Å². The molecule has 0 radical (unpaired) electrons. The number of ether oxygens (including phenoxy) is 1. The van der Waals surface area contributed by atoms with Crippen molar-refractivity contribution < 1.29 is 18.8 Å². The fourth-order valence-corrected chi connectivity index (χ4v) is 1.78. The Bertz CT molecular complexity index is 741. The van der Waals surface area contributed by atoms with Crippen LogP contribution in [0.2, 0.25) is 0 Å². The van der Waals surface area contributed by atoms with E-state index < -0.39 is 11.6 Å². The van der Waals surface area contributed by atoms with Gasteiger partial charge < -0.3 is 9.57 Å². The van der Waals surface area contributed by atoms with Crippen LogP contribution < -0.4 is 10.2 Å². The fraction of sp³-hybridized carbons (Fsp3) is 0.118. The molecule has 2 aromatic rings. The molecule has 0 saturated heterocycles. The first kappa shape index (κ1) is 17.1. The van der Waals surface area contributed by atoms with Gasteiger partial charge in [-0.05, 0) is 48.5 Å². The number of hydrazone groups is 1. The maximum atomic E-state index is 13.0. The van der Waals surface area contributed by atoms with Crippen LogP contribution in [0.4, 0.5) is 10.1 Å². The number of carbonyl (C=O) groups excluding carboxylic acids is 1. The normalized spacial score (nSPS) is 11.4. The van der Waals surface area contributed by atoms with Crippen molar-refractivity contribution >= 4 is 23.4 Å². The van der Waals surface area contributed by atoms with Gasteiger partial charge in [0.2, 0.25) is 5.78 Å². The first-order valence-electron chi connectivity index (χ1n) is 6.98. The van der Waals surface area contributed by atoms with Gasteiger partial charge in [0, 0.05) is 5.56 Å². The van der Waals surface area contributed by atoms with E-state index in [2.05, 4.69) is 20.5 Å². The number of carbonyl (C=O) groups is 1. The lowest BCUT2D eigenvalue weighted by Crippen LogP contribution is -2.18. The number of Topliss-reactive ketones (excluding diaryl/α,β-unsaturated/α-hetero) is 1. The number of hydrogen-bond acceptors (Lipinski definition) is 6. The van der Waals surface area contributed by atoms with Gasteiger partial charge in [-0.1, -0.05) is 5.16 Å². The molecule has 0 aliphatic heterocycles. The van der Waals surface area contributed by atoms with E-state index in [0.29, 0.717) is 11.4 Å². The summed E-state index contributed by atoms with van der Waals surface area (Å²) >= 11 is 0. The maximum Gasteiger partial charge on any atom is 0.214 e. The zero-order valence-electron chi connectivity index (χ0n) is 13.2. The van der Waals surface area contributed by atoms with E-state index in [0.717, 1.165) is 0 Å². The Hall–Kier alpha value is -3.22. The lowest BCUT2D eigenvalue weighted by atomic mass is 10.1. The van der Waals surface area contributed by atoms with Crippen molar-refractivity contribution in [2.45, 2.75) is 0 Å². The van der Waals surface area contributed by atoms with Crippen molar-refractivity contribution in [1.29, 1.82) is 0 Å². The van der Waals surface area contributed by atoms with E-state index in [1.807, 2.05) is 0 Å². The van der Waals surface area contributed by atoms with Crippen LogP contribution >= 0.6 is 0 Å². The Morgan fingerprint density at radius 3 is 2.33 bits per heavy atom. The van der Waals surface area contributed by atoms with E-state index in [1.54, 1.807) is 31.4 Å². The predicted molar refractivity (Wildman–Crippen MR) is 90.3 cm³/mol. The van der Waals surface area contributed by atoms with E-state index in [4.69, 9.17) is 4.74 Å². The topological polar surface area (TPSA) is 72.3 Å². The number of methoxy groups -OCH3 is 1. The third-order valence-electron chi connectivity index (χ3n) is 3.01. The van der Waals surface area contributed by atoms with Crippen molar-refractivity contribution in [3.63, 3.8) is 0 Å². The molecule has 0 bridgehead atoms. The molecule has 6 nitrogen and oxygen atoms in total. The Balaban J connectivity index is 2.21. The molecule has 7 heteroatoms. The smallest absolute Gasteiger partial charge is 0.214 e. The average molecular weight is 329 g/mol. The van der Waals surface area contributed by atoms with E-state index in [-0.39, 0.29) is 11.3 Å². The summed E-state index contributed by atoms with van der Waals surface area (Å²) in [6.07, 6.45) is 1.18. The molecule has 0 saturated carbocycles. The second-order valence-electron chi connectivity index (χ2n) is 4.59. The van der Waals surface area contributed by atoms with Crippen molar-refractivity contribution in [3.8, 4) is 5.75 Å². The molecule has 0 aliphatic carbocycles. The Labute approximate surface area is 138 Å². The summed E-state index contributed by atoms with van der Waals surface area (Å²) in [5.41, 5.74) is 3.72. The Kier molecular flexibility index (Phi) is 6.01. The highest BCUT2D eigenvalue weighted by Gasteiger charge is 2.13. The lowest BCUT2D eigenvalue weighted by Gasteiger charge is -2.05. The molecule has 2 aromatic carbocycles. The highest BCUT2D eigenvalue weighted by atomic mass is 19.1. The van der Waals surface area contributed by atoms with E-state index in [1.165, 1.54) is 37.6 Å². The second-order valence-corrected chi connectivity index (χ2v) is 4.59. The van der Waals surface area contributed by atoms with Crippen LogP contribution in [0.5, 0.6) is 5.75 Å². The molecular weight excluding hydrogens is 313 g/mol. The summed E-state index contributed by atoms with van der Waals surface area (Å²) in [5.74, 6) is -0.142. The van der Waals surface area contributed by atoms with Gasteiger partial charge in [-0.2, -0.15) is 5.10 Å². The summed E-state index contributed by atoms with van der Waals surface area (Å²) < 4.78 is 18.0. The van der Waals surface area contributed by atoms with Gasteiger partial charge in [-0.3, -0.25) is 10.2 Å². The molecule has 0 atom stereocenters. The number of nitrogens with zero attached hydrogens (tertiary/aromatic N) is 2. The minimum Gasteiger partial charge on any atom is -0.497 e. The summed E-state index contributed by atoms with van der Waals surface area (Å²) in [6, 6.07) is 12.2. The number of benzene rings is 2. The van der Waals surface area contributed by atoms with Gasteiger partial charge in [0.05, 0.1) is 19.0 Å². The predicted octanol–water partition coefficient (Wildman–Crippen LogP) is 3.12. The van der Waals surface area contributed by atoms with Gasteiger partial charge in [-0.15, -0.1) is 0 Å². The first-order chi connectivity index (χ1) is 11.6. The Morgan fingerprint density at radius 2 is 1.75 bits per heavy atom. The molecule has 0 unspecified atom stereocenters. The molecule has 1 N–H and O–H groups in total. The van der Waals surface area contributed by atoms with Crippen LogP contribution in [-0.2, 0) is 4.84 Å². The van der Waals surface area contributed by atoms with E-state index >= 15 is 0 Å². The molecule has 2 rings (SSSR count). The van der Waals surface area contributed by atoms with Gasteiger partial charge in [0.25, 0.3) is 0 Å².